The molecule has 0 saturated carbocycles. The molecular weight excluding hydrogens is 200 g/mol. The van der Waals surface area contributed by atoms with Crippen molar-refractivity contribution in [1.29, 1.82) is 0 Å². The zero-order chi connectivity index (χ0) is 9.14. The number of amides is 1. The Balaban J connectivity index is 0.00000144. The van der Waals surface area contributed by atoms with Gasteiger partial charge in [-0.1, -0.05) is 0 Å². The molecule has 0 fully saturated rings. The van der Waals surface area contributed by atoms with Gasteiger partial charge in [0.25, 0.3) is 0 Å². The molecule has 13 heavy (non-hydrogen) atoms. The van der Waals surface area contributed by atoms with Crippen molar-refractivity contribution in [2.24, 2.45) is 5.73 Å². The van der Waals surface area contributed by atoms with Crippen LogP contribution in [0.2, 0.25) is 0 Å². The van der Waals surface area contributed by atoms with E-state index in [9.17, 15) is 13.6 Å². The molecular formula is C8H8ClF2NO. The van der Waals surface area contributed by atoms with Gasteiger partial charge in [0, 0.05) is 6.07 Å². The van der Waals surface area contributed by atoms with Crippen LogP contribution in [0.3, 0.4) is 0 Å². The molecule has 72 valence electrons. The predicted octanol–water partition coefficient (Wildman–Crippen LogP) is 1.41. The molecule has 2 nitrogen and oxygen atoms in total. The molecule has 0 bridgehead atoms. The van der Waals surface area contributed by atoms with Crippen molar-refractivity contribution in [2.45, 2.75) is 6.42 Å². The zero-order valence-corrected chi connectivity index (χ0v) is 7.41. The van der Waals surface area contributed by atoms with Gasteiger partial charge in [-0.05, 0) is 17.7 Å². The molecule has 0 heterocycles. The lowest BCUT2D eigenvalue weighted by Gasteiger charge is -1.97. The van der Waals surface area contributed by atoms with Crippen LogP contribution < -0.4 is 5.73 Å². The second kappa shape index (κ2) is 4.77. The van der Waals surface area contributed by atoms with E-state index >= 15 is 0 Å². The fraction of sp³-hybridized carbons (Fsp3) is 0.125. The minimum absolute atomic E-state index is 0. The number of carbonyl (C=O) groups excluding carboxylic acids is 1. The zero-order valence-electron chi connectivity index (χ0n) is 6.59. The third-order valence-electron chi connectivity index (χ3n) is 1.30. The van der Waals surface area contributed by atoms with Crippen LogP contribution in [-0.4, -0.2) is 5.91 Å². The first-order valence-corrected chi connectivity index (χ1v) is 3.31. The fourth-order valence-corrected chi connectivity index (χ4v) is 0.914. The van der Waals surface area contributed by atoms with Gasteiger partial charge < -0.3 is 5.73 Å². The Morgan fingerprint density at radius 2 is 1.69 bits per heavy atom. The summed E-state index contributed by atoms with van der Waals surface area (Å²) in [5.41, 5.74) is 5.09. The van der Waals surface area contributed by atoms with E-state index in [2.05, 4.69) is 0 Å². The topological polar surface area (TPSA) is 43.1 Å². The first-order chi connectivity index (χ1) is 5.58. The second-order valence-corrected chi connectivity index (χ2v) is 2.42. The van der Waals surface area contributed by atoms with E-state index in [1.165, 1.54) is 0 Å². The lowest BCUT2D eigenvalue weighted by molar-refractivity contribution is -0.117. The van der Waals surface area contributed by atoms with Crippen LogP contribution in [0.5, 0.6) is 0 Å². The molecule has 0 aliphatic carbocycles. The van der Waals surface area contributed by atoms with Crippen LogP contribution in [0.4, 0.5) is 8.78 Å². The smallest absolute Gasteiger partial charge is 0.221 e. The van der Waals surface area contributed by atoms with E-state index in [4.69, 9.17) is 5.73 Å². The molecule has 5 heteroatoms. The minimum Gasteiger partial charge on any atom is -0.369 e. The molecule has 0 aromatic heterocycles. The fourth-order valence-electron chi connectivity index (χ4n) is 0.914. The monoisotopic (exact) mass is 207 g/mol. The van der Waals surface area contributed by atoms with Crippen LogP contribution in [-0.2, 0) is 11.2 Å². The highest BCUT2D eigenvalue weighted by Crippen LogP contribution is 2.07. The summed E-state index contributed by atoms with van der Waals surface area (Å²) in [6.07, 6.45) is -0.144. The van der Waals surface area contributed by atoms with Crippen molar-refractivity contribution in [1.82, 2.24) is 0 Å². The Morgan fingerprint density at radius 3 is 2.08 bits per heavy atom. The highest BCUT2D eigenvalue weighted by molar-refractivity contribution is 5.85. The Hall–Kier alpha value is -1.16. The van der Waals surface area contributed by atoms with Crippen molar-refractivity contribution in [3.8, 4) is 0 Å². The SMILES string of the molecule is Cl.NC(=O)Cc1cc(F)cc(F)c1. The maximum Gasteiger partial charge on any atom is 0.221 e. The lowest BCUT2D eigenvalue weighted by atomic mass is 10.1. The average Bonchev–Trinajstić information content (AvgIpc) is 1.81. The maximum absolute atomic E-state index is 12.5. The van der Waals surface area contributed by atoms with Crippen molar-refractivity contribution in [3.63, 3.8) is 0 Å². The van der Waals surface area contributed by atoms with Gasteiger partial charge in [0.2, 0.25) is 5.91 Å². The average molecular weight is 208 g/mol. The van der Waals surface area contributed by atoms with E-state index in [-0.39, 0.29) is 24.4 Å². The van der Waals surface area contributed by atoms with Gasteiger partial charge >= 0.3 is 0 Å². The number of hydrogen-bond donors (Lipinski definition) is 1. The van der Waals surface area contributed by atoms with Gasteiger partial charge in [0.15, 0.2) is 0 Å². The molecule has 0 radical (unpaired) electrons. The molecule has 1 aromatic carbocycles. The number of nitrogens with two attached hydrogens (primary N) is 1. The van der Waals surface area contributed by atoms with Crippen molar-refractivity contribution < 1.29 is 13.6 Å². The minimum atomic E-state index is -0.703. The van der Waals surface area contributed by atoms with Crippen LogP contribution in [0.25, 0.3) is 0 Å². The van der Waals surface area contributed by atoms with Crippen LogP contribution in [0.1, 0.15) is 5.56 Å². The number of benzene rings is 1. The third-order valence-corrected chi connectivity index (χ3v) is 1.30. The highest BCUT2D eigenvalue weighted by atomic mass is 35.5. The third kappa shape index (κ3) is 3.85. The number of halogens is 3. The van der Waals surface area contributed by atoms with Gasteiger partial charge in [-0.3, -0.25) is 4.79 Å². The maximum atomic E-state index is 12.5. The van der Waals surface area contributed by atoms with Crippen LogP contribution in [0, 0.1) is 11.6 Å². The van der Waals surface area contributed by atoms with Gasteiger partial charge in [0.05, 0.1) is 6.42 Å². The van der Waals surface area contributed by atoms with E-state index in [0.717, 1.165) is 18.2 Å². The van der Waals surface area contributed by atoms with E-state index < -0.39 is 17.5 Å². The van der Waals surface area contributed by atoms with Crippen LogP contribution in [0.15, 0.2) is 18.2 Å². The van der Waals surface area contributed by atoms with E-state index in [1.54, 1.807) is 0 Å². The number of carbonyl (C=O) groups is 1. The largest absolute Gasteiger partial charge is 0.369 e. The molecule has 0 aliphatic heterocycles. The van der Waals surface area contributed by atoms with E-state index in [0.29, 0.717) is 0 Å². The highest BCUT2D eigenvalue weighted by Gasteiger charge is 2.02. The molecule has 0 saturated heterocycles. The molecule has 0 unspecified atom stereocenters. The molecule has 2 N–H and O–H groups in total. The summed E-state index contributed by atoms with van der Waals surface area (Å²) in [6, 6.07) is 2.90. The summed E-state index contributed by atoms with van der Waals surface area (Å²) >= 11 is 0. The molecule has 1 aromatic rings. The summed E-state index contributed by atoms with van der Waals surface area (Å²) in [4.78, 5) is 10.4. The number of hydrogen-bond acceptors (Lipinski definition) is 1. The summed E-state index contributed by atoms with van der Waals surface area (Å²) in [7, 11) is 0. The molecule has 1 rings (SSSR count). The first-order valence-electron chi connectivity index (χ1n) is 3.31. The van der Waals surface area contributed by atoms with Gasteiger partial charge in [-0.15, -0.1) is 12.4 Å². The van der Waals surface area contributed by atoms with Gasteiger partial charge in [-0.2, -0.15) is 0 Å². The normalized spacial score (nSPS) is 9.08. The Labute approximate surface area is 80.1 Å². The molecule has 0 spiro atoms. The van der Waals surface area contributed by atoms with Crippen molar-refractivity contribution in [3.05, 3.63) is 35.4 Å². The number of rotatable bonds is 2. The van der Waals surface area contributed by atoms with Gasteiger partial charge in [0.1, 0.15) is 11.6 Å². The predicted molar refractivity (Wildman–Crippen MR) is 46.5 cm³/mol. The summed E-state index contributed by atoms with van der Waals surface area (Å²) in [5, 5.41) is 0. The second-order valence-electron chi connectivity index (χ2n) is 2.42. The lowest BCUT2D eigenvalue weighted by Crippen LogP contribution is -2.13. The van der Waals surface area contributed by atoms with E-state index in [1.807, 2.05) is 0 Å². The first kappa shape index (κ1) is 11.8. The summed E-state index contributed by atoms with van der Waals surface area (Å²) < 4.78 is 25.0. The van der Waals surface area contributed by atoms with Crippen LogP contribution >= 0.6 is 12.4 Å². The Morgan fingerprint density at radius 1 is 1.23 bits per heavy atom. The standard InChI is InChI=1S/C8H7F2NO.ClH/c9-6-1-5(3-8(11)12)2-7(10)4-6;/h1-2,4H,3H2,(H2,11,12);1H. The number of primary amides is 1. The molecule has 1 amide bonds. The molecule has 0 aliphatic rings. The molecule has 0 atom stereocenters. The van der Waals surface area contributed by atoms with Gasteiger partial charge in [-0.25, -0.2) is 8.78 Å². The Bertz CT molecular complexity index is 297. The quantitative estimate of drug-likeness (QED) is 0.783. The summed E-state index contributed by atoms with van der Waals surface area (Å²) in [6.45, 7) is 0. The summed E-state index contributed by atoms with van der Waals surface area (Å²) in [5.74, 6) is -2.02. The van der Waals surface area contributed by atoms with Crippen molar-refractivity contribution in [2.75, 3.05) is 0 Å². The van der Waals surface area contributed by atoms with Crippen molar-refractivity contribution >= 4 is 18.3 Å². The Kier molecular flexibility index (Phi) is 4.34.